The Kier molecular flexibility index (Phi) is 5.25. The molecule has 2 atom stereocenters. The maximum Gasteiger partial charge on any atom is 0.127 e. The second-order valence-corrected chi connectivity index (χ2v) is 3.76. The first-order valence-electron chi connectivity index (χ1n) is 5.73. The minimum atomic E-state index is -0.277. The number of methoxy groups -OCH3 is 2. The number of ether oxygens (including phenoxy) is 3. The number of hydrogen-bond donors (Lipinski definition) is 1. The number of rotatable bonds is 6. The van der Waals surface area contributed by atoms with Crippen LogP contribution < -0.4 is 15.2 Å². The van der Waals surface area contributed by atoms with Crippen molar-refractivity contribution in [2.75, 3.05) is 20.8 Å². The van der Waals surface area contributed by atoms with Gasteiger partial charge in [0.15, 0.2) is 0 Å². The van der Waals surface area contributed by atoms with Crippen LogP contribution in [-0.4, -0.2) is 26.9 Å². The topological polar surface area (TPSA) is 53.7 Å². The van der Waals surface area contributed by atoms with Crippen LogP contribution in [0.25, 0.3) is 0 Å². The van der Waals surface area contributed by atoms with E-state index in [2.05, 4.69) is 0 Å². The lowest BCUT2D eigenvalue weighted by molar-refractivity contribution is 0.0562. The zero-order chi connectivity index (χ0) is 12.8. The van der Waals surface area contributed by atoms with Crippen molar-refractivity contribution in [1.29, 1.82) is 0 Å². The van der Waals surface area contributed by atoms with E-state index in [1.165, 1.54) is 0 Å². The molecule has 0 heterocycles. The molecule has 0 bridgehead atoms. The number of nitrogens with two attached hydrogens (primary N) is 1. The van der Waals surface area contributed by atoms with Crippen LogP contribution in [0.2, 0.25) is 0 Å². The molecule has 0 radical (unpaired) electrons. The van der Waals surface area contributed by atoms with Gasteiger partial charge in [-0.1, -0.05) is 6.07 Å². The van der Waals surface area contributed by atoms with E-state index in [0.717, 1.165) is 17.1 Å². The van der Waals surface area contributed by atoms with E-state index in [9.17, 15) is 0 Å². The van der Waals surface area contributed by atoms with Gasteiger partial charge in [0, 0.05) is 6.61 Å². The van der Waals surface area contributed by atoms with Crippen molar-refractivity contribution in [2.45, 2.75) is 26.0 Å². The predicted octanol–water partition coefficient (Wildman–Crippen LogP) is 2.13. The maximum atomic E-state index is 6.19. The summed E-state index contributed by atoms with van der Waals surface area (Å²) in [6.45, 7) is 4.52. The first-order valence-corrected chi connectivity index (χ1v) is 5.73. The molecular weight excluding hydrogens is 218 g/mol. The molecular formula is C13H21NO3. The summed E-state index contributed by atoms with van der Waals surface area (Å²) in [6.07, 6.45) is -0.0924. The minimum absolute atomic E-state index is 0.0924. The van der Waals surface area contributed by atoms with Crippen LogP contribution in [0.1, 0.15) is 25.5 Å². The largest absolute Gasteiger partial charge is 0.496 e. The molecule has 0 aliphatic heterocycles. The minimum Gasteiger partial charge on any atom is -0.496 e. The molecule has 1 aromatic carbocycles. The fraction of sp³-hybridized carbons (Fsp3) is 0.538. The van der Waals surface area contributed by atoms with Crippen LogP contribution in [0.3, 0.4) is 0 Å². The third-order valence-corrected chi connectivity index (χ3v) is 2.73. The van der Waals surface area contributed by atoms with Crippen LogP contribution in [0, 0.1) is 0 Å². The monoisotopic (exact) mass is 239 g/mol. The van der Waals surface area contributed by atoms with E-state index in [1.54, 1.807) is 14.2 Å². The molecule has 4 heteroatoms. The first-order chi connectivity index (χ1) is 8.15. The lowest BCUT2D eigenvalue weighted by atomic mass is 10.0. The van der Waals surface area contributed by atoms with Gasteiger partial charge in [0.05, 0.1) is 31.9 Å². The Labute approximate surface area is 103 Å². The van der Waals surface area contributed by atoms with E-state index in [0.29, 0.717) is 6.61 Å². The highest BCUT2D eigenvalue weighted by molar-refractivity contribution is 5.47. The van der Waals surface area contributed by atoms with E-state index in [1.807, 2.05) is 32.0 Å². The van der Waals surface area contributed by atoms with Crippen LogP contribution in [-0.2, 0) is 4.74 Å². The maximum absolute atomic E-state index is 6.19. The summed E-state index contributed by atoms with van der Waals surface area (Å²) in [5.74, 6) is 1.45. The molecule has 0 saturated carbocycles. The standard InChI is InChI=1S/C13H21NO3/c1-5-17-9(2)13(14)12-10(15-3)7-6-8-11(12)16-4/h6-9,13H,5,14H2,1-4H3. The van der Waals surface area contributed by atoms with Crippen LogP contribution in [0.5, 0.6) is 11.5 Å². The lowest BCUT2D eigenvalue weighted by Crippen LogP contribution is -2.27. The summed E-state index contributed by atoms with van der Waals surface area (Å²) in [4.78, 5) is 0. The third kappa shape index (κ3) is 3.11. The molecule has 0 aromatic heterocycles. The summed E-state index contributed by atoms with van der Waals surface area (Å²) in [7, 11) is 3.24. The zero-order valence-corrected chi connectivity index (χ0v) is 10.9. The Balaban J connectivity index is 3.08. The van der Waals surface area contributed by atoms with Crippen molar-refractivity contribution >= 4 is 0 Å². The molecule has 4 nitrogen and oxygen atoms in total. The van der Waals surface area contributed by atoms with Gasteiger partial charge in [0.1, 0.15) is 11.5 Å². The van der Waals surface area contributed by atoms with E-state index >= 15 is 0 Å². The normalized spacial score (nSPS) is 14.2. The molecule has 0 aliphatic rings. The smallest absolute Gasteiger partial charge is 0.127 e. The van der Waals surface area contributed by atoms with Gasteiger partial charge in [-0.05, 0) is 26.0 Å². The highest BCUT2D eigenvalue weighted by atomic mass is 16.5. The molecule has 17 heavy (non-hydrogen) atoms. The van der Waals surface area contributed by atoms with Gasteiger partial charge >= 0.3 is 0 Å². The summed E-state index contributed by atoms with van der Waals surface area (Å²) >= 11 is 0. The molecule has 0 spiro atoms. The highest BCUT2D eigenvalue weighted by Crippen LogP contribution is 2.34. The number of benzene rings is 1. The van der Waals surface area contributed by atoms with Crippen molar-refractivity contribution < 1.29 is 14.2 Å². The van der Waals surface area contributed by atoms with Crippen molar-refractivity contribution in [2.24, 2.45) is 5.73 Å². The van der Waals surface area contributed by atoms with Crippen LogP contribution in [0.4, 0.5) is 0 Å². The van der Waals surface area contributed by atoms with Gasteiger partial charge < -0.3 is 19.9 Å². The quantitative estimate of drug-likeness (QED) is 0.826. The third-order valence-electron chi connectivity index (χ3n) is 2.73. The van der Waals surface area contributed by atoms with E-state index in [-0.39, 0.29) is 12.1 Å². The average molecular weight is 239 g/mol. The fourth-order valence-electron chi connectivity index (χ4n) is 1.81. The van der Waals surface area contributed by atoms with Gasteiger partial charge in [-0.3, -0.25) is 0 Å². The van der Waals surface area contributed by atoms with Gasteiger partial charge in [-0.2, -0.15) is 0 Å². The van der Waals surface area contributed by atoms with Crippen molar-refractivity contribution in [3.63, 3.8) is 0 Å². The molecule has 0 aliphatic carbocycles. The molecule has 2 unspecified atom stereocenters. The van der Waals surface area contributed by atoms with Crippen molar-refractivity contribution in [3.8, 4) is 11.5 Å². The Hall–Kier alpha value is -1.26. The highest BCUT2D eigenvalue weighted by Gasteiger charge is 2.22. The van der Waals surface area contributed by atoms with Gasteiger partial charge in [-0.15, -0.1) is 0 Å². The van der Waals surface area contributed by atoms with Crippen molar-refractivity contribution in [3.05, 3.63) is 23.8 Å². The second-order valence-electron chi connectivity index (χ2n) is 3.76. The summed E-state index contributed by atoms with van der Waals surface area (Å²) in [5.41, 5.74) is 7.04. The van der Waals surface area contributed by atoms with Crippen LogP contribution >= 0.6 is 0 Å². The predicted molar refractivity (Wildman–Crippen MR) is 67.6 cm³/mol. The molecule has 0 amide bonds. The molecule has 0 fully saturated rings. The molecule has 1 aromatic rings. The Bertz CT molecular complexity index is 332. The zero-order valence-electron chi connectivity index (χ0n) is 10.9. The van der Waals surface area contributed by atoms with Gasteiger partial charge in [0.25, 0.3) is 0 Å². The lowest BCUT2D eigenvalue weighted by Gasteiger charge is -2.23. The summed E-state index contributed by atoms with van der Waals surface area (Å²) < 4.78 is 16.2. The molecule has 1 rings (SSSR count). The first kappa shape index (κ1) is 13.8. The Morgan fingerprint density at radius 2 is 1.71 bits per heavy atom. The average Bonchev–Trinajstić information content (AvgIpc) is 2.37. The summed E-state index contributed by atoms with van der Waals surface area (Å²) in [5, 5.41) is 0. The second kappa shape index (κ2) is 6.47. The molecule has 96 valence electrons. The van der Waals surface area contributed by atoms with Gasteiger partial charge in [-0.25, -0.2) is 0 Å². The summed E-state index contributed by atoms with van der Waals surface area (Å²) in [6, 6.07) is 5.34. The SMILES string of the molecule is CCOC(C)C(N)c1c(OC)cccc1OC. The fourth-order valence-corrected chi connectivity index (χ4v) is 1.81. The molecule has 0 saturated heterocycles. The molecule has 2 N–H and O–H groups in total. The van der Waals surface area contributed by atoms with E-state index < -0.39 is 0 Å². The van der Waals surface area contributed by atoms with Crippen molar-refractivity contribution in [1.82, 2.24) is 0 Å². The Morgan fingerprint density at radius 1 is 1.18 bits per heavy atom. The van der Waals surface area contributed by atoms with Gasteiger partial charge in [0.2, 0.25) is 0 Å². The van der Waals surface area contributed by atoms with E-state index in [4.69, 9.17) is 19.9 Å². The number of hydrogen-bond acceptors (Lipinski definition) is 4. The Morgan fingerprint density at radius 3 is 2.12 bits per heavy atom. The van der Waals surface area contributed by atoms with Crippen LogP contribution in [0.15, 0.2) is 18.2 Å².